The molecule has 17 heavy (non-hydrogen) atoms. The van der Waals surface area contributed by atoms with Crippen molar-refractivity contribution in [2.75, 3.05) is 7.11 Å². The molecule has 0 bridgehead atoms. The summed E-state index contributed by atoms with van der Waals surface area (Å²) in [5, 5.41) is 0.475. The number of aryl methyl sites for hydroxylation is 1. The van der Waals surface area contributed by atoms with E-state index in [4.69, 9.17) is 16.3 Å². The Hall–Kier alpha value is -1.68. The van der Waals surface area contributed by atoms with Gasteiger partial charge < -0.3 is 4.74 Å². The Balaban J connectivity index is 2.59. The molecule has 0 fully saturated rings. The Morgan fingerprint density at radius 3 is 2.71 bits per heavy atom. The number of aromatic nitrogens is 3. The Morgan fingerprint density at radius 2 is 2.00 bits per heavy atom. The van der Waals surface area contributed by atoms with E-state index in [1.165, 1.54) is 0 Å². The number of pyridine rings is 1. The van der Waals surface area contributed by atoms with Crippen molar-refractivity contribution in [2.45, 2.75) is 13.8 Å². The molecule has 4 nitrogen and oxygen atoms in total. The molecule has 0 aliphatic carbocycles. The van der Waals surface area contributed by atoms with Crippen LogP contribution in [0.15, 0.2) is 18.3 Å². The van der Waals surface area contributed by atoms with Gasteiger partial charge >= 0.3 is 0 Å². The van der Waals surface area contributed by atoms with Crippen molar-refractivity contribution in [2.24, 2.45) is 0 Å². The van der Waals surface area contributed by atoms with Gasteiger partial charge in [0.2, 0.25) is 5.88 Å². The highest BCUT2D eigenvalue weighted by Gasteiger charge is 2.10. The molecule has 2 aromatic rings. The van der Waals surface area contributed by atoms with Gasteiger partial charge in [-0.2, -0.15) is 0 Å². The van der Waals surface area contributed by atoms with Crippen molar-refractivity contribution < 1.29 is 4.74 Å². The van der Waals surface area contributed by atoms with E-state index < -0.39 is 0 Å². The maximum absolute atomic E-state index is 6.04. The summed E-state index contributed by atoms with van der Waals surface area (Å²) < 4.78 is 5.09. The first-order valence-electron chi connectivity index (χ1n) is 5.13. The number of methoxy groups -OCH3 is 1. The summed E-state index contributed by atoms with van der Waals surface area (Å²) in [4.78, 5) is 12.6. The topological polar surface area (TPSA) is 47.9 Å². The Kier molecular flexibility index (Phi) is 3.24. The van der Waals surface area contributed by atoms with Crippen LogP contribution in [0.2, 0.25) is 5.15 Å². The van der Waals surface area contributed by atoms with Gasteiger partial charge in [0.15, 0.2) is 0 Å². The van der Waals surface area contributed by atoms with Gasteiger partial charge in [-0.05, 0) is 19.9 Å². The van der Waals surface area contributed by atoms with E-state index >= 15 is 0 Å². The van der Waals surface area contributed by atoms with Crippen LogP contribution in [0.1, 0.15) is 11.4 Å². The van der Waals surface area contributed by atoms with Crippen LogP contribution in [0.5, 0.6) is 5.88 Å². The molecule has 5 heteroatoms. The Bertz CT molecular complexity index is 557. The van der Waals surface area contributed by atoms with E-state index in [9.17, 15) is 0 Å². The van der Waals surface area contributed by atoms with Crippen LogP contribution < -0.4 is 4.74 Å². The van der Waals surface area contributed by atoms with E-state index in [1.54, 1.807) is 13.3 Å². The van der Waals surface area contributed by atoms with Gasteiger partial charge in [0.25, 0.3) is 0 Å². The lowest BCUT2D eigenvalue weighted by Gasteiger charge is -2.08. The van der Waals surface area contributed by atoms with E-state index in [2.05, 4.69) is 15.0 Å². The van der Waals surface area contributed by atoms with E-state index in [-0.39, 0.29) is 0 Å². The van der Waals surface area contributed by atoms with Gasteiger partial charge in [-0.1, -0.05) is 11.6 Å². The van der Waals surface area contributed by atoms with Crippen LogP contribution in [-0.2, 0) is 0 Å². The van der Waals surface area contributed by atoms with Crippen molar-refractivity contribution in [3.8, 4) is 17.1 Å². The SMILES string of the molecule is COc1cc(-c2nc(C)nc(Cl)c2C)ccn1. The molecule has 0 saturated carbocycles. The Labute approximate surface area is 105 Å². The van der Waals surface area contributed by atoms with Crippen molar-refractivity contribution in [3.63, 3.8) is 0 Å². The van der Waals surface area contributed by atoms with Crippen molar-refractivity contribution in [3.05, 3.63) is 34.9 Å². The quantitative estimate of drug-likeness (QED) is 0.768. The molecule has 0 unspecified atom stereocenters. The molecule has 0 saturated heterocycles. The lowest BCUT2D eigenvalue weighted by atomic mass is 10.1. The monoisotopic (exact) mass is 249 g/mol. The zero-order valence-corrected chi connectivity index (χ0v) is 10.6. The van der Waals surface area contributed by atoms with E-state index in [0.29, 0.717) is 16.9 Å². The first-order valence-corrected chi connectivity index (χ1v) is 5.50. The minimum absolute atomic E-state index is 0.475. The van der Waals surface area contributed by atoms with Crippen molar-refractivity contribution >= 4 is 11.6 Å². The molecule has 0 aromatic carbocycles. The highest BCUT2D eigenvalue weighted by atomic mass is 35.5. The normalized spacial score (nSPS) is 10.4. The summed E-state index contributed by atoms with van der Waals surface area (Å²) in [7, 11) is 1.58. The number of rotatable bonds is 2. The lowest BCUT2D eigenvalue weighted by Crippen LogP contribution is -1.97. The minimum atomic E-state index is 0.475. The van der Waals surface area contributed by atoms with Gasteiger partial charge in [-0.25, -0.2) is 15.0 Å². The zero-order chi connectivity index (χ0) is 12.4. The van der Waals surface area contributed by atoms with Crippen LogP contribution in [-0.4, -0.2) is 22.1 Å². The molecule has 2 rings (SSSR count). The minimum Gasteiger partial charge on any atom is -0.481 e. The first kappa shape index (κ1) is 11.8. The summed E-state index contributed by atoms with van der Waals surface area (Å²) in [6.07, 6.45) is 1.68. The Morgan fingerprint density at radius 1 is 1.24 bits per heavy atom. The van der Waals surface area contributed by atoms with Crippen LogP contribution >= 0.6 is 11.6 Å². The first-order chi connectivity index (χ1) is 8.11. The average Bonchev–Trinajstić information content (AvgIpc) is 2.34. The molecule has 0 atom stereocenters. The van der Waals surface area contributed by atoms with Gasteiger partial charge in [-0.15, -0.1) is 0 Å². The smallest absolute Gasteiger partial charge is 0.213 e. The van der Waals surface area contributed by atoms with Crippen molar-refractivity contribution in [1.29, 1.82) is 0 Å². The number of nitrogens with zero attached hydrogens (tertiary/aromatic N) is 3. The number of hydrogen-bond acceptors (Lipinski definition) is 4. The molecule has 0 radical (unpaired) electrons. The molecule has 0 aliphatic rings. The maximum atomic E-state index is 6.04. The summed E-state index contributed by atoms with van der Waals surface area (Å²) in [6.45, 7) is 3.71. The molecule has 0 aliphatic heterocycles. The average molecular weight is 250 g/mol. The standard InChI is InChI=1S/C12H12ClN3O/c1-7-11(15-8(2)16-12(7)13)9-4-5-14-10(6-9)17-3/h4-6H,1-3H3. The number of hydrogen-bond donors (Lipinski definition) is 0. The van der Waals surface area contributed by atoms with Gasteiger partial charge in [0.1, 0.15) is 11.0 Å². The number of halogens is 1. The van der Waals surface area contributed by atoms with Gasteiger partial charge in [-0.3, -0.25) is 0 Å². The second-order valence-corrected chi connectivity index (χ2v) is 3.98. The molecule has 2 aromatic heterocycles. The van der Waals surface area contributed by atoms with E-state index in [0.717, 1.165) is 16.8 Å². The third kappa shape index (κ3) is 2.36. The second-order valence-electron chi connectivity index (χ2n) is 3.62. The maximum Gasteiger partial charge on any atom is 0.213 e. The lowest BCUT2D eigenvalue weighted by molar-refractivity contribution is 0.398. The zero-order valence-electron chi connectivity index (χ0n) is 9.86. The highest BCUT2D eigenvalue weighted by Crippen LogP contribution is 2.26. The number of ether oxygens (including phenoxy) is 1. The van der Waals surface area contributed by atoms with Gasteiger partial charge in [0.05, 0.1) is 12.8 Å². The fourth-order valence-electron chi connectivity index (χ4n) is 1.54. The molecule has 2 heterocycles. The predicted molar refractivity (Wildman–Crippen MR) is 66.3 cm³/mol. The summed E-state index contributed by atoms with van der Waals surface area (Å²) >= 11 is 6.04. The third-order valence-electron chi connectivity index (χ3n) is 2.42. The summed E-state index contributed by atoms with van der Waals surface area (Å²) in [5.74, 6) is 1.20. The fourth-order valence-corrected chi connectivity index (χ4v) is 1.76. The third-order valence-corrected chi connectivity index (χ3v) is 2.78. The van der Waals surface area contributed by atoms with Crippen LogP contribution in [0.3, 0.4) is 0 Å². The molecule has 0 spiro atoms. The predicted octanol–water partition coefficient (Wildman–Crippen LogP) is 2.82. The fraction of sp³-hybridized carbons (Fsp3) is 0.250. The highest BCUT2D eigenvalue weighted by molar-refractivity contribution is 6.30. The second kappa shape index (κ2) is 4.67. The summed E-state index contributed by atoms with van der Waals surface area (Å²) in [6, 6.07) is 3.69. The molecular weight excluding hydrogens is 238 g/mol. The molecular formula is C12H12ClN3O. The van der Waals surface area contributed by atoms with Crippen LogP contribution in [0.25, 0.3) is 11.3 Å². The molecule has 88 valence electrons. The van der Waals surface area contributed by atoms with E-state index in [1.807, 2.05) is 26.0 Å². The van der Waals surface area contributed by atoms with Crippen molar-refractivity contribution in [1.82, 2.24) is 15.0 Å². The van der Waals surface area contributed by atoms with Crippen LogP contribution in [0.4, 0.5) is 0 Å². The van der Waals surface area contributed by atoms with Gasteiger partial charge in [0, 0.05) is 23.4 Å². The molecule has 0 amide bonds. The summed E-state index contributed by atoms with van der Waals surface area (Å²) in [5.41, 5.74) is 2.58. The molecule has 0 N–H and O–H groups in total. The largest absolute Gasteiger partial charge is 0.481 e. The van der Waals surface area contributed by atoms with Crippen LogP contribution in [0, 0.1) is 13.8 Å².